The van der Waals surface area contributed by atoms with Gasteiger partial charge in [-0.25, -0.2) is 20.6 Å². The van der Waals surface area contributed by atoms with E-state index in [9.17, 15) is 22.8 Å². The molecule has 0 bridgehead atoms. The molecule has 1 fully saturated rings. The van der Waals surface area contributed by atoms with Crippen LogP contribution in [0.5, 0.6) is 0 Å². The molecule has 0 saturated carbocycles. The maximum absolute atomic E-state index is 13.3. The molecule has 1 aromatic heterocycles. The summed E-state index contributed by atoms with van der Waals surface area (Å²) in [6.45, 7) is 0. The lowest BCUT2D eigenvalue weighted by molar-refractivity contribution is -0.137. The van der Waals surface area contributed by atoms with Gasteiger partial charge in [-0.2, -0.15) is 13.2 Å². The third-order valence-electron chi connectivity index (χ3n) is 6.39. The van der Waals surface area contributed by atoms with Crippen molar-refractivity contribution in [3.05, 3.63) is 60.2 Å². The van der Waals surface area contributed by atoms with E-state index < -0.39 is 35.1 Å². The van der Waals surface area contributed by atoms with Crippen LogP contribution in [0.15, 0.2) is 49.1 Å². The van der Waals surface area contributed by atoms with E-state index in [-0.39, 0.29) is 17.4 Å². The third kappa shape index (κ3) is 4.85. The fourth-order valence-electron chi connectivity index (χ4n) is 4.67. The van der Waals surface area contributed by atoms with Crippen LogP contribution >= 0.6 is 0 Å². The van der Waals surface area contributed by atoms with Crippen molar-refractivity contribution in [2.24, 2.45) is 5.41 Å². The summed E-state index contributed by atoms with van der Waals surface area (Å²) in [6.07, 6.45) is 8.78. The lowest BCUT2D eigenvalue weighted by atomic mass is 9.73. The molecule has 8 nitrogen and oxygen atoms in total. The first-order chi connectivity index (χ1) is 16.2. The van der Waals surface area contributed by atoms with E-state index in [1.54, 1.807) is 12.5 Å². The number of rotatable bonds is 4. The summed E-state index contributed by atoms with van der Waals surface area (Å²) in [4.78, 5) is 29.4. The van der Waals surface area contributed by atoms with Crippen molar-refractivity contribution < 1.29 is 27.5 Å². The minimum absolute atomic E-state index is 0.159. The Kier molecular flexibility index (Phi) is 6.76. The van der Waals surface area contributed by atoms with Gasteiger partial charge in [0.15, 0.2) is 0 Å². The Labute approximate surface area is 194 Å². The number of benzene rings is 1. The molecule has 11 heteroatoms. The van der Waals surface area contributed by atoms with E-state index in [2.05, 4.69) is 38.0 Å². The first-order valence-electron chi connectivity index (χ1n) is 11.0. The number of aromatic nitrogens is 2. The van der Waals surface area contributed by atoms with Crippen LogP contribution < -0.4 is 16.2 Å². The Bertz CT molecular complexity index is 1070. The molecule has 3 N–H and O–H groups in total. The minimum Gasteiger partial charge on any atom is -0.465 e. The molecule has 1 aliphatic heterocycles. The topological polar surface area (TPSA) is 97.3 Å². The van der Waals surface area contributed by atoms with Crippen molar-refractivity contribution in [3.63, 3.8) is 0 Å². The first-order valence-corrected chi connectivity index (χ1v) is 11.0. The number of halogens is 3. The van der Waals surface area contributed by atoms with Gasteiger partial charge in [0.25, 0.3) is 0 Å². The van der Waals surface area contributed by atoms with Crippen molar-refractivity contribution in [1.29, 1.82) is 0 Å². The van der Waals surface area contributed by atoms with Crippen molar-refractivity contribution in [1.82, 2.24) is 20.4 Å². The molecule has 1 saturated heterocycles. The molecule has 1 amide bonds. The lowest BCUT2D eigenvalue weighted by Crippen LogP contribution is -2.61. The van der Waals surface area contributed by atoms with Gasteiger partial charge in [0.05, 0.1) is 30.3 Å². The highest BCUT2D eigenvalue weighted by Crippen LogP contribution is 2.45. The van der Waals surface area contributed by atoms with Gasteiger partial charge in [-0.1, -0.05) is 18.6 Å². The SMILES string of the molecule is COC(=O)c1ccc(C(F)(F)F)cc1NC(=O)C1CC2(C=CCCCC2)C(n2ccnc2)NN1. The number of imidazole rings is 1. The fourth-order valence-corrected chi connectivity index (χ4v) is 4.67. The quantitative estimate of drug-likeness (QED) is 0.458. The molecule has 1 aliphatic carbocycles. The summed E-state index contributed by atoms with van der Waals surface area (Å²) in [5, 5.41) is 2.51. The van der Waals surface area contributed by atoms with Crippen LogP contribution in [0.25, 0.3) is 0 Å². The molecule has 182 valence electrons. The first kappa shape index (κ1) is 24.0. The van der Waals surface area contributed by atoms with Crippen LogP contribution in [-0.2, 0) is 15.7 Å². The van der Waals surface area contributed by atoms with Crippen LogP contribution in [0.4, 0.5) is 18.9 Å². The van der Waals surface area contributed by atoms with E-state index in [4.69, 9.17) is 0 Å². The number of allylic oxidation sites excluding steroid dienone is 1. The average molecular weight is 477 g/mol. The van der Waals surface area contributed by atoms with E-state index in [0.717, 1.165) is 51.0 Å². The molecule has 1 aromatic carbocycles. The Morgan fingerprint density at radius 1 is 1.26 bits per heavy atom. The number of alkyl halides is 3. The number of anilines is 1. The van der Waals surface area contributed by atoms with Crippen molar-refractivity contribution in [2.75, 3.05) is 12.4 Å². The summed E-state index contributed by atoms with van der Waals surface area (Å²) < 4.78 is 46.4. The predicted molar refractivity (Wildman–Crippen MR) is 117 cm³/mol. The molecule has 4 rings (SSSR count). The van der Waals surface area contributed by atoms with Gasteiger partial charge in [0.1, 0.15) is 12.2 Å². The number of carbonyl (C=O) groups excluding carboxylic acids is 2. The zero-order chi connectivity index (χ0) is 24.3. The Hall–Kier alpha value is -3.18. The van der Waals surface area contributed by atoms with Gasteiger partial charge in [-0.3, -0.25) is 4.79 Å². The summed E-state index contributed by atoms with van der Waals surface area (Å²) in [5.41, 5.74) is 4.39. The van der Waals surface area contributed by atoms with Gasteiger partial charge in [-0.05, 0) is 43.9 Å². The Morgan fingerprint density at radius 3 is 2.79 bits per heavy atom. The molecule has 2 heterocycles. The van der Waals surface area contributed by atoms with Crippen LogP contribution in [0, 0.1) is 5.41 Å². The van der Waals surface area contributed by atoms with E-state index in [1.807, 2.05) is 10.8 Å². The van der Waals surface area contributed by atoms with Gasteiger partial charge < -0.3 is 14.6 Å². The van der Waals surface area contributed by atoms with Crippen molar-refractivity contribution in [2.45, 2.75) is 50.5 Å². The molecule has 2 aromatic rings. The van der Waals surface area contributed by atoms with Crippen LogP contribution in [0.3, 0.4) is 0 Å². The number of nitrogens with one attached hydrogen (secondary N) is 3. The smallest absolute Gasteiger partial charge is 0.416 e. The lowest BCUT2D eigenvalue weighted by Gasteiger charge is -2.46. The number of nitrogens with zero attached hydrogens (tertiary/aromatic N) is 2. The molecule has 1 spiro atoms. The number of ether oxygens (including phenoxy) is 1. The molecule has 0 radical (unpaired) electrons. The summed E-state index contributed by atoms with van der Waals surface area (Å²) >= 11 is 0. The number of methoxy groups -OCH3 is 1. The predicted octanol–water partition coefficient (Wildman–Crippen LogP) is 3.81. The molecular weight excluding hydrogens is 451 g/mol. The second-order valence-corrected chi connectivity index (χ2v) is 8.58. The normalized spacial score (nSPS) is 25.1. The zero-order valence-electron chi connectivity index (χ0n) is 18.6. The van der Waals surface area contributed by atoms with Gasteiger partial charge in [0.2, 0.25) is 5.91 Å². The number of hydrogen-bond acceptors (Lipinski definition) is 6. The number of hydrogen-bond donors (Lipinski definition) is 3. The monoisotopic (exact) mass is 477 g/mol. The second kappa shape index (κ2) is 9.59. The van der Waals surface area contributed by atoms with Crippen LogP contribution in [-0.4, -0.2) is 34.6 Å². The van der Waals surface area contributed by atoms with E-state index >= 15 is 0 Å². The van der Waals surface area contributed by atoms with Crippen molar-refractivity contribution >= 4 is 17.6 Å². The molecule has 3 atom stereocenters. The maximum atomic E-state index is 13.3. The molecule has 2 aliphatic rings. The fraction of sp³-hybridized carbons (Fsp3) is 0.435. The highest BCUT2D eigenvalue weighted by molar-refractivity contribution is 6.03. The number of amides is 1. The molecule has 34 heavy (non-hydrogen) atoms. The third-order valence-corrected chi connectivity index (χ3v) is 6.39. The number of hydrazine groups is 1. The summed E-state index contributed by atoms with van der Waals surface area (Å²) in [6, 6.07) is 1.77. The Morgan fingerprint density at radius 2 is 2.09 bits per heavy atom. The van der Waals surface area contributed by atoms with E-state index in [1.165, 1.54) is 0 Å². The number of esters is 1. The van der Waals surface area contributed by atoms with Gasteiger partial charge >= 0.3 is 12.1 Å². The highest BCUT2D eigenvalue weighted by atomic mass is 19.4. The summed E-state index contributed by atoms with van der Waals surface area (Å²) in [7, 11) is 1.12. The second-order valence-electron chi connectivity index (χ2n) is 8.58. The summed E-state index contributed by atoms with van der Waals surface area (Å²) in [5.74, 6) is -1.40. The minimum atomic E-state index is -4.63. The van der Waals surface area contributed by atoms with Crippen molar-refractivity contribution in [3.8, 4) is 0 Å². The average Bonchev–Trinajstić information content (AvgIpc) is 3.25. The zero-order valence-corrected chi connectivity index (χ0v) is 18.6. The van der Waals surface area contributed by atoms with Gasteiger partial charge in [-0.15, -0.1) is 0 Å². The molecular formula is C23H26F3N5O3. The standard InChI is InChI=1S/C23H26F3N5O3/c1-34-20(33)16-7-6-15(23(24,25)26)12-17(16)28-19(32)18-13-22(8-4-2-3-5-9-22)21(30-29-18)31-11-10-27-14-31/h4,6-8,10-12,14,18,21,29-30H,2-3,5,9,13H2,1H3,(H,28,32). The maximum Gasteiger partial charge on any atom is 0.416 e. The highest BCUT2D eigenvalue weighted by Gasteiger charge is 2.45. The van der Waals surface area contributed by atoms with Gasteiger partial charge in [0, 0.05) is 17.8 Å². The largest absolute Gasteiger partial charge is 0.465 e. The van der Waals surface area contributed by atoms with Crippen LogP contribution in [0.2, 0.25) is 0 Å². The Balaban J connectivity index is 1.61. The number of carbonyl (C=O) groups is 2. The van der Waals surface area contributed by atoms with Crippen LogP contribution in [0.1, 0.15) is 54.2 Å². The molecule has 3 unspecified atom stereocenters. The van der Waals surface area contributed by atoms with E-state index in [0.29, 0.717) is 6.42 Å².